The van der Waals surface area contributed by atoms with Gasteiger partial charge in [0.05, 0.1) is 10.5 Å². The Balaban J connectivity index is 1.40. The Hall–Kier alpha value is -4.19. The first-order valence-electron chi connectivity index (χ1n) is 10.6. The van der Waals surface area contributed by atoms with E-state index >= 15 is 0 Å². The van der Waals surface area contributed by atoms with Gasteiger partial charge < -0.3 is 19.3 Å². The monoisotopic (exact) mass is 513 g/mol. The molecule has 2 aliphatic heterocycles. The number of ether oxygens (including phenoxy) is 2. The highest BCUT2D eigenvalue weighted by Crippen LogP contribution is 2.36. The zero-order valence-electron chi connectivity index (χ0n) is 18.5. The summed E-state index contributed by atoms with van der Waals surface area (Å²) in [6.45, 7) is -0.653. The molecule has 2 amide bonds. The molecular formula is C23H19N3O9S. The number of fused-ring (bicyclic) bond motifs is 1. The van der Waals surface area contributed by atoms with Crippen LogP contribution in [0.25, 0.3) is 0 Å². The smallest absolute Gasteiger partial charge is 0.334 e. The largest absolute Gasteiger partial charge is 0.614 e. The number of non-ortho nitro benzene ring substituents is 1. The predicted molar refractivity (Wildman–Crippen MR) is 123 cm³/mol. The van der Waals surface area contributed by atoms with Crippen molar-refractivity contribution in [2.24, 2.45) is 0 Å². The fraction of sp³-hybridized carbons (Fsp3) is 0.261. The Bertz CT molecular complexity index is 1230. The standard InChI is InChI=1S/C23H19N3O9S/c27-10-15-13-36(33)22-19(24-18(28)12-34-17-4-2-1-3-5-17)21(29)25(22)20(15)23(30)35-11-14-6-8-16(9-7-14)26(31)32/h1-9,19-20,22H,11-13H2,(H,24,28)/t19?,20?,22-,36?/m0/s1. The van der Waals surface area contributed by atoms with Crippen molar-refractivity contribution in [3.05, 3.63) is 75.8 Å². The maximum Gasteiger partial charge on any atom is 0.334 e. The van der Waals surface area contributed by atoms with E-state index in [4.69, 9.17) is 9.47 Å². The van der Waals surface area contributed by atoms with Gasteiger partial charge in [0, 0.05) is 12.1 Å². The van der Waals surface area contributed by atoms with E-state index in [1.54, 1.807) is 36.3 Å². The number of hydrogen-bond acceptors (Lipinski definition) is 9. The van der Waals surface area contributed by atoms with Crippen molar-refractivity contribution >= 4 is 40.6 Å². The van der Waals surface area contributed by atoms with Crippen molar-refractivity contribution < 1.29 is 38.1 Å². The molecule has 2 aromatic rings. The number of carbonyl (C=O) groups excluding carboxylic acids is 4. The average Bonchev–Trinajstić information content (AvgIpc) is 2.89. The number of hydrogen-bond donors (Lipinski definition) is 1. The molecule has 1 N–H and O–H groups in total. The molecule has 0 aliphatic carbocycles. The van der Waals surface area contributed by atoms with Crippen LogP contribution in [0, 0.1) is 10.1 Å². The minimum atomic E-state index is -1.77. The fourth-order valence-corrected chi connectivity index (χ4v) is 5.49. The second-order valence-electron chi connectivity index (χ2n) is 7.87. The summed E-state index contributed by atoms with van der Waals surface area (Å²) >= 11 is -1.77. The van der Waals surface area contributed by atoms with Crippen LogP contribution in [-0.2, 0) is 41.7 Å². The molecule has 0 bridgehead atoms. The molecule has 13 heteroatoms. The van der Waals surface area contributed by atoms with Crippen molar-refractivity contribution in [3.63, 3.8) is 0 Å². The molecule has 2 aliphatic rings. The number of benzene rings is 2. The van der Waals surface area contributed by atoms with Crippen LogP contribution in [0.2, 0.25) is 0 Å². The molecule has 0 saturated carbocycles. The lowest BCUT2D eigenvalue weighted by molar-refractivity contribution is -0.384. The first-order chi connectivity index (χ1) is 17.3. The van der Waals surface area contributed by atoms with E-state index < -0.39 is 51.3 Å². The van der Waals surface area contributed by atoms with Gasteiger partial charge in [-0.15, -0.1) is 0 Å². The zero-order chi connectivity index (χ0) is 25.8. The van der Waals surface area contributed by atoms with Gasteiger partial charge in [0.1, 0.15) is 24.1 Å². The molecule has 3 unspecified atom stereocenters. The van der Waals surface area contributed by atoms with Gasteiger partial charge in [-0.2, -0.15) is 0 Å². The maximum absolute atomic E-state index is 12.8. The SMILES string of the molecule is O=C=C1C[S+]([O-])[C@H]2C(NC(=O)COc3ccccc3)C(=O)N2C1C(=O)OCc1ccc([N+](=O)[O-])cc1. The van der Waals surface area contributed by atoms with Crippen molar-refractivity contribution in [2.75, 3.05) is 12.4 Å². The van der Waals surface area contributed by atoms with Gasteiger partial charge in [0.2, 0.25) is 5.37 Å². The highest BCUT2D eigenvalue weighted by molar-refractivity contribution is 7.92. The quantitative estimate of drug-likeness (QED) is 0.130. The van der Waals surface area contributed by atoms with Crippen LogP contribution in [0.4, 0.5) is 5.69 Å². The van der Waals surface area contributed by atoms with E-state index in [2.05, 4.69) is 5.32 Å². The molecule has 2 heterocycles. The molecule has 4 atom stereocenters. The Morgan fingerprint density at radius 2 is 1.86 bits per heavy atom. The van der Waals surface area contributed by atoms with Gasteiger partial charge in [0.15, 0.2) is 18.7 Å². The summed E-state index contributed by atoms with van der Waals surface area (Å²) in [5, 5.41) is 12.2. The molecule has 2 fully saturated rings. The van der Waals surface area contributed by atoms with E-state index in [-0.39, 0.29) is 30.2 Å². The normalized spacial score (nSPS) is 22.5. The lowest BCUT2D eigenvalue weighted by Crippen LogP contribution is -2.79. The van der Waals surface area contributed by atoms with Crippen molar-refractivity contribution in [1.29, 1.82) is 0 Å². The van der Waals surface area contributed by atoms with Crippen LogP contribution in [0.3, 0.4) is 0 Å². The van der Waals surface area contributed by atoms with Gasteiger partial charge in [-0.3, -0.25) is 24.6 Å². The topological polar surface area (TPSA) is 168 Å². The third kappa shape index (κ3) is 5.08. The summed E-state index contributed by atoms with van der Waals surface area (Å²) in [7, 11) is 0. The number of β-lactam (4-membered cyclic amide) rings is 1. The number of esters is 1. The molecule has 0 radical (unpaired) electrons. The van der Waals surface area contributed by atoms with Crippen molar-refractivity contribution in [2.45, 2.75) is 24.1 Å². The summed E-state index contributed by atoms with van der Waals surface area (Å²) in [6.07, 6.45) is 0. The van der Waals surface area contributed by atoms with Crippen LogP contribution in [-0.4, -0.2) is 67.9 Å². The molecule has 186 valence electrons. The van der Waals surface area contributed by atoms with Crippen LogP contribution in [0.1, 0.15) is 5.56 Å². The summed E-state index contributed by atoms with van der Waals surface area (Å²) in [5.74, 6) is -0.557. The van der Waals surface area contributed by atoms with Gasteiger partial charge in [-0.1, -0.05) is 18.2 Å². The third-order valence-corrected chi connectivity index (χ3v) is 7.20. The fourth-order valence-electron chi connectivity index (χ4n) is 3.83. The van der Waals surface area contributed by atoms with E-state index in [1.165, 1.54) is 24.3 Å². The molecule has 36 heavy (non-hydrogen) atoms. The number of nitrogens with zero attached hydrogens (tertiary/aromatic N) is 2. The Morgan fingerprint density at radius 3 is 2.50 bits per heavy atom. The Kier molecular flexibility index (Phi) is 7.34. The third-order valence-electron chi connectivity index (χ3n) is 5.57. The average molecular weight is 513 g/mol. The van der Waals surface area contributed by atoms with Gasteiger partial charge in [-0.25, -0.2) is 9.59 Å². The predicted octanol–water partition coefficient (Wildman–Crippen LogP) is 0.259. The first kappa shape index (κ1) is 24.9. The van der Waals surface area contributed by atoms with Gasteiger partial charge in [-0.05, 0) is 41.0 Å². The number of amides is 2. The lowest BCUT2D eigenvalue weighted by atomic mass is 9.98. The molecular weight excluding hydrogens is 494 g/mol. The van der Waals surface area contributed by atoms with Crippen LogP contribution in [0.5, 0.6) is 5.75 Å². The van der Waals surface area contributed by atoms with Crippen molar-refractivity contribution in [1.82, 2.24) is 10.2 Å². The molecule has 4 rings (SSSR count). The molecule has 0 spiro atoms. The Morgan fingerprint density at radius 1 is 1.17 bits per heavy atom. The van der Waals surface area contributed by atoms with Crippen LogP contribution in [0.15, 0.2) is 60.2 Å². The Labute approximate surface area is 207 Å². The number of para-hydroxylation sites is 1. The molecule has 2 aromatic carbocycles. The minimum Gasteiger partial charge on any atom is -0.614 e. The highest BCUT2D eigenvalue weighted by Gasteiger charge is 2.63. The van der Waals surface area contributed by atoms with Crippen LogP contribution < -0.4 is 10.1 Å². The number of carbonyl (C=O) groups is 3. The van der Waals surface area contributed by atoms with E-state index in [0.29, 0.717) is 11.3 Å². The second kappa shape index (κ2) is 10.6. The summed E-state index contributed by atoms with van der Waals surface area (Å²) < 4.78 is 23.3. The number of nitrogens with one attached hydrogen (secondary N) is 1. The lowest BCUT2D eigenvalue weighted by Gasteiger charge is -2.51. The molecule has 0 aromatic heterocycles. The number of rotatable bonds is 8. The number of nitro groups is 1. The zero-order valence-corrected chi connectivity index (χ0v) is 19.3. The highest BCUT2D eigenvalue weighted by atomic mass is 32.2. The summed E-state index contributed by atoms with van der Waals surface area (Å²) in [4.78, 5) is 60.6. The minimum absolute atomic E-state index is 0.137. The number of nitro benzene ring substituents is 1. The van der Waals surface area contributed by atoms with Crippen LogP contribution >= 0.6 is 0 Å². The van der Waals surface area contributed by atoms with Crippen molar-refractivity contribution in [3.8, 4) is 5.75 Å². The summed E-state index contributed by atoms with van der Waals surface area (Å²) in [6, 6.07) is 11.2. The van der Waals surface area contributed by atoms with E-state index in [0.717, 1.165) is 4.90 Å². The first-order valence-corrected chi connectivity index (χ1v) is 12.0. The van der Waals surface area contributed by atoms with Gasteiger partial charge >= 0.3 is 5.97 Å². The van der Waals surface area contributed by atoms with E-state index in [1.807, 2.05) is 0 Å². The molecule has 2 saturated heterocycles. The summed E-state index contributed by atoms with van der Waals surface area (Å²) in [5.41, 5.74) is 0.103. The maximum atomic E-state index is 12.8. The van der Waals surface area contributed by atoms with Gasteiger partial charge in [0.25, 0.3) is 17.5 Å². The van der Waals surface area contributed by atoms with E-state index in [9.17, 15) is 33.8 Å². The molecule has 12 nitrogen and oxygen atoms in total. The second-order valence-corrected chi connectivity index (χ2v) is 9.40.